The Hall–Kier alpha value is -1.11. The first-order chi connectivity index (χ1) is 10.8. The third-order valence-corrected chi connectivity index (χ3v) is 13.9. The third-order valence-electron chi connectivity index (χ3n) is 4.74. The summed E-state index contributed by atoms with van der Waals surface area (Å²) in [6, 6.07) is 20.3. The Morgan fingerprint density at radius 3 is 1.57 bits per heavy atom. The molecule has 0 saturated heterocycles. The molecule has 0 unspecified atom stereocenters. The molecule has 0 aliphatic heterocycles. The Kier molecular flexibility index (Phi) is 5.70. The van der Waals surface area contributed by atoms with Crippen LogP contribution in [0.3, 0.4) is 0 Å². The lowest BCUT2D eigenvalue weighted by atomic mass is 10.1. The van der Waals surface area contributed by atoms with Crippen molar-refractivity contribution in [1.82, 2.24) is 0 Å². The fourth-order valence-electron chi connectivity index (χ4n) is 3.75. The molecular weight excluding hydrogens is 315 g/mol. The zero-order valence-corrected chi connectivity index (χ0v) is 16.9. The van der Waals surface area contributed by atoms with Crippen LogP contribution in [-0.4, -0.2) is 13.4 Å². The van der Waals surface area contributed by atoms with Crippen LogP contribution in [0.1, 0.15) is 20.3 Å². The number of hydrogen-bond acceptors (Lipinski definition) is 1. The van der Waals surface area contributed by atoms with Gasteiger partial charge in [0, 0.05) is 15.9 Å². The molecule has 124 valence electrons. The molecule has 2 rings (SSSR count). The Balaban J connectivity index is 2.74. The Labute approximate surface area is 142 Å². The topological polar surface area (TPSA) is 17.1 Å². The van der Waals surface area contributed by atoms with Gasteiger partial charge in [0.15, 0.2) is 0 Å². The summed E-state index contributed by atoms with van der Waals surface area (Å²) in [5.74, 6) is 0.452. The standard InChI is InChI=1S/C20H29OPSi/c1-6-17(2)20(23(3,4)5)22(21,18-13-9-7-10-14-18)19-15-11-8-12-16-19/h7-17,20H,6H2,1-5H3/t17-,20+/m1/s1. The monoisotopic (exact) mass is 344 g/mol. The highest BCUT2D eigenvalue weighted by atomic mass is 31.2. The Morgan fingerprint density at radius 2 is 1.26 bits per heavy atom. The summed E-state index contributed by atoms with van der Waals surface area (Å²) in [7, 11) is -4.30. The van der Waals surface area contributed by atoms with Gasteiger partial charge >= 0.3 is 0 Å². The van der Waals surface area contributed by atoms with Gasteiger partial charge in [-0.2, -0.15) is 0 Å². The number of benzene rings is 2. The minimum absolute atomic E-state index is 0.254. The van der Waals surface area contributed by atoms with Crippen molar-refractivity contribution in [3.8, 4) is 0 Å². The molecule has 2 aromatic rings. The fourth-order valence-corrected chi connectivity index (χ4v) is 14.0. The first kappa shape index (κ1) is 18.2. The summed E-state index contributed by atoms with van der Waals surface area (Å²) in [6.07, 6.45) is 1.07. The molecule has 0 radical (unpaired) electrons. The largest absolute Gasteiger partial charge is 0.314 e. The summed E-state index contributed by atoms with van der Waals surface area (Å²) in [5.41, 5.74) is 0. The van der Waals surface area contributed by atoms with Crippen LogP contribution >= 0.6 is 7.14 Å². The molecule has 23 heavy (non-hydrogen) atoms. The lowest BCUT2D eigenvalue weighted by Crippen LogP contribution is -2.46. The summed E-state index contributed by atoms with van der Waals surface area (Å²) in [6.45, 7) is 11.6. The van der Waals surface area contributed by atoms with E-state index in [1.54, 1.807) is 0 Å². The van der Waals surface area contributed by atoms with Crippen LogP contribution in [0.5, 0.6) is 0 Å². The van der Waals surface area contributed by atoms with Gasteiger partial charge < -0.3 is 4.57 Å². The second kappa shape index (κ2) is 7.19. The van der Waals surface area contributed by atoms with Crippen LogP contribution in [0.25, 0.3) is 0 Å². The van der Waals surface area contributed by atoms with Gasteiger partial charge in [-0.15, -0.1) is 0 Å². The minimum Gasteiger partial charge on any atom is -0.314 e. The molecule has 0 aliphatic carbocycles. The Bertz CT molecular complexity index is 618. The molecular formula is C20H29OPSi. The van der Waals surface area contributed by atoms with Crippen molar-refractivity contribution in [3.63, 3.8) is 0 Å². The van der Waals surface area contributed by atoms with Gasteiger partial charge in [0.25, 0.3) is 0 Å². The van der Waals surface area contributed by atoms with E-state index < -0.39 is 15.2 Å². The van der Waals surface area contributed by atoms with E-state index in [0.717, 1.165) is 17.0 Å². The van der Waals surface area contributed by atoms with Crippen molar-refractivity contribution in [2.24, 2.45) is 5.92 Å². The Morgan fingerprint density at radius 1 is 0.870 bits per heavy atom. The maximum Gasteiger partial charge on any atom is 0.143 e. The van der Waals surface area contributed by atoms with Gasteiger partial charge in [-0.1, -0.05) is 101 Å². The highest BCUT2D eigenvalue weighted by molar-refractivity contribution is 7.81. The lowest BCUT2D eigenvalue weighted by Gasteiger charge is -2.40. The highest BCUT2D eigenvalue weighted by Gasteiger charge is 2.46. The average molecular weight is 345 g/mol. The molecule has 2 aromatic carbocycles. The van der Waals surface area contributed by atoms with Crippen molar-refractivity contribution >= 4 is 25.8 Å². The van der Waals surface area contributed by atoms with Gasteiger partial charge in [-0.05, 0) is 5.92 Å². The average Bonchev–Trinajstić information content (AvgIpc) is 2.55. The van der Waals surface area contributed by atoms with E-state index in [1.807, 2.05) is 36.4 Å². The van der Waals surface area contributed by atoms with Crippen molar-refractivity contribution in [2.75, 3.05) is 0 Å². The SMILES string of the molecule is CC[C@@H](C)[C@H]([Si](C)(C)C)P(=O)(c1ccccc1)c1ccccc1. The van der Waals surface area contributed by atoms with E-state index >= 15 is 0 Å². The van der Waals surface area contributed by atoms with Crippen LogP contribution in [0, 0.1) is 5.92 Å². The molecule has 3 heteroatoms. The molecule has 0 amide bonds. The van der Waals surface area contributed by atoms with Crippen LogP contribution < -0.4 is 10.6 Å². The normalized spacial score (nSPS) is 15.2. The van der Waals surface area contributed by atoms with E-state index in [1.165, 1.54) is 0 Å². The van der Waals surface area contributed by atoms with Crippen molar-refractivity contribution in [2.45, 2.75) is 45.2 Å². The van der Waals surface area contributed by atoms with E-state index in [0.29, 0.717) is 5.92 Å². The zero-order chi connectivity index (χ0) is 17.1. The minimum atomic E-state index is -2.67. The molecule has 0 spiro atoms. The maximum atomic E-state index is 14.6. The van der Waals surface area contributed by atoms with Crippen LogP contribution in [0.2, 0.25) is 19.6 Å². The predicted octanol–water partition coefficient (Wildman–Crippen LogP) is 5.29. The van der Waals surface area contributed by atoms with E-state index in [-0.39, 0.29) is 5.28 Å². The molecule has 0 bridgehead atoms. The van der Waals surface area contributed by atoms with Crippen LogP contribution in [0.4, 0.5) is 0 Å². The second-order valence-electron chi connectivity index (χ2n) is 7.53. The highest BCUT2D eigenvalue weighted by Crippen LogP contribution is 2.55. The van der Waals surface area contributed by atoms with E-state index in [2.05, 4.69) is 57.8 Å². The molecule has 0 aliphatic rings. The smallest absolute Gasteiger partial charge is 0.143 e. The predicted molar refractivity (Wildman–Crippen MR) is 106 cm³/mol. The molecule has 0 heterocycles. The van der Waals surface area contributed by atoms with Gasteiger partial charge in [-0.25, -0.2) is 0 Å². The zero-order valence-electron chi connectivity index (χ0n) is 15.0. The van der Waals surface area contributed by atoms with Gasteiger partial charge in [0.1, 0.15) is 7.14 Å². The van der Waals surface area contributed by atoms with Crippen LogP contribution in [0.15, 0.2) is 60.7 Å². The fraction of sp³-hybridized carbons (Fsp3) is 0.400. The van der Waals surface area contributed by atoms with Crippen molar-refractivity contribution < 1.29 is 4.57 Å². The molecule has 2 atom stereocenters. The number of hydrogen-bond donors (Lipinski definition) is 0. The lowest BCUT2D eigenvalue weighted by molar-refractivity contribution is 0.546. The third kappa shape index (κ3) is 3.70. The quantitative estimate of drug-likeness (QED) is 0.514. The first-order valence-electron chi connectivity index (χ1n) is 8.52. The molecule has 0 aromatic heterocycles. The maximum absolute atomic E-state index is 14.6. The van der Waals surface area contributed by atoms with Gasteiger partial charge in [-0.3, -0.25) is 0 Å². The molecule has 0 N–H and O–H groups in total. The molecule has 0 saturated carbocycles. The molecule has 0 fully saturated rings. The van der Waals surface area contributed by atoms with Crippen LogP contribution in [-0.2, 0) is 4.57 Å². The summed E-state index contributed by atoms with van der Waals surface area (Å²) >= 11 is 0. The van der Waals surface area contributed by atoms with E-state index in [4.69, 9.17) is 0 Å². The number of rotatable bonds is 6. The van der Waals surface area contributed by atoms with Crippen molar-refractivity contribution in [1.29, 1.82) is 0 Å². The van der Waals surface area contributed by atoms with E-state index in [9.17, 15) is 4.57 Å². The second-order valence-corrected chi connectivity index (χ2v) is 16.3. The summed E-state index contributed by atoms with van der Waals surface area (Å²) in [5, 5.41) is 2.28. The first-order valence-corrected chi connectivity index (χ1v) is 13.9. The summed E-state index contributed by atoms with van der Waals surface area (Å²) in [4.78, 5) is 0. The van der Waals surface area contributed by atoms with Gasteiger partial charge in [0.2, 0.25) is 0 Å². The van der Waals surface area contributed by atoms with Gasteiger partial charge in [0.05, 0.1) is 8.07 Å². The molecule has 1 nitrogen and oxygen atoms in total. The summed E-state index contributed by atoms with van der Waals surface area (Å²) < 4.78 is 14.6. The van der Waals surface area contributed by atoms with Crippen molar-refractivity contribution in [3.05, 3.63) is 60.7 Å².